The second-order valence-corrected chi connectivity index (χ2v) is 9.29. The van der Waals surface area contributed by atoms with Crippen LogP contribution in [0.25, 0.3) is 6.08 Å². The number of nitrogens with two attached hydrogens (primary N) is 1. The molecule has 33 heavy (non-hydrogen) atoms. The summed E-state index contributed by atoms with van der Waals surface area (Å²) in [6, 6.07) is 17.9. The minimum atomic E-state index is 0.260. The molecule has 176 valence electrons. The zero-order chi connectivity index (χ0) is 23.8. The number of benzene rings is 2. The fourth-order valence-corrected chi connectivity index (χ4v) is 4.97. The Labute approximate surface area is 201 Å². The van der Waals surface area contributed by atoms with E-state index in [0.29, 0.717) is 11.7 Å². The van der Waals surface area contributed by atoms with Gasteiger partial charge in [-0.15, -0.1) is 0 Å². The SMILES string of the molecule is C=Cc1cc(C(C)N(CCC)C(=C)C2CCCN(C(=C)N)C2)ccc1CCc1ccccc1. The lowest BCUT2D eigenvalue weighted by Gasteiger charge is -2.41. The van der Waals surface area contributed by atoms with Crippen LogP contribution in [-0.4, -0.2) is 29.4 Å². The van der Waals surface area contributed by atoms with Gasteiger partial charge in [-0.1, -0.05) is 75.2 Å². The highest BCUT2D eigenvalue weighted by molar-refractivity contribution is 5.54. The number of hydrogen-bond acceptors (Lipinski definition) is 3. The largest absolute Gasteiger partial charge is 0.386 e. The number of hydrogen-bond donors (Lipinski definition) is 1. The van der Waals surface area contributed by atoms with E-state index in [-0.39, 0.29) is 6.04 Å². The van der Waals surface area contributed by atoms with Crippen LogP contribution in [0.5, 0.6) is 0 Å². The molecule has 0 aliphatic carbocycles. The summed E-state index contributed by atoms with van der Waals surface area (Å²) in [6.07, 6.45) is 7.44. The number of aryl methyl sites for hydroxylation is 2. The van der Waals surface area contributed by atoms with Gasteiger partial charge < -0.3 is 15.5 Å². The topological polar surface area (TPSA) is 32.5 Å². The Balaban J connectivity index is 1.75. The van der Waals surface area contributed by atoms with E-state index in [1.54, 1.807) is 0 Å². The Hall–Kier alpha value is -2.94. The fraction of sp³-hybridized carbons (Fsp3) is 0.400. The van der Waals surface area contributed by atoms with Crippen LogP contribution in [0.2, 0.25) is 0 Å². The Morgan fingerprint density at radius 3 is 2.61 bits per heavy atom. The summed E-state index contributed by atoms with van der Waals surface area (Å²) >= 11 is 0. The molecular formula is C30H41N3. The van der Waals surface area contributed by atoms with Crippen molar-refractivity contribution in [2.45, 2.75) is 52.0 Å². The van der Waals surface area contributed by atoms with Crippen LogP contribution in [0.3, 0.4) is 0 Å². The van der Waals surface area contributed by atoms with Gasteiger partial charge in [-0.05, 0) is 67.3 Å². The molecule has 2 N–H and O–H groups in total. The van der Waals surface area contributed by atoms with Crippen molar-refractivity contribution in [1.29, 1.82) is 0 Å². The first-order chi connectivity index (χ1) is 15.9. The first-order valence-electron chi connectivity index (χ1n) is 12.4. The van der Waals surface area contributed by atoms with Gasteiger partial charge in [0, 0.05) is 31.2 Å². The van der Waals surface area contributed by atoms with Crippen molar-refractivity contribution >= 4 is 6.08 Å². The third kappa shape index (κ3) is 6.31. The van der Waals surface area contributed by atoms with Gasteiger partial charge in [0.05, 0.1) is 11.9 Å². The molecule has 2 aromatic carbocycles. The van der Waals surface area contributed by atoms with Gasteiger partial charge in [-0.25, -0.2) is 0 Å². The van der Waals surface area contributed by atoms with Crippen molar-refractivity contribution < 1.29 is 0 Å². The third-order valence-electron chi connectivity index (χ3n) is 7.00. The van der Waals surface area contributed by atoms with Crippen LogP contribution in [0.4, 0.5) is 0 Å². The van der Waals surface area contributed by atoms with Crippen LogP contribution in [0.15, 0.2) is 79.8 Å². The maximum Gasteiger partial charge on any atom is 0.0912 e. The quantitative estimate of drug-likeness (QED) is 0.428. The lowest BCUT2D eigenvalue weighted by molar-refractivity contribution is 0.179. The predicted molar refractivity (Wildman–Crippen MR) is 143 cm³/mol. The van der Waals surface area contributed by atoms with Crippen molar-refractivity contribution in [3.05, 3.63) is 102 Å². The smallest absolute Gasteiger partial charge is 0.0912 e. The number of nitrogens with zero attached hydrogens (tertiary/aromatic N) is 2. The molecule has 0 amide bonds. The van der Waals surface area contributed by atoms with Crippen molar-refractivity contribution in [2.24, 2.45) is 11.7 Å². The second-order valence-electron chi connectivity index (χ2n) is 9.29. The van der Waals surface area contributed by atoms with Gasteiger partial charge in [0.25, 0.3) is 0 Å². The van der Waals surface area contributed by atoms with Crippen LogP contribution in [0.1, 0.15) is 61.4 Å². The summed E-state index contributed by atoms with van der Waals surface area (Å²) in [7, 11) is 0. The summed E-state index contributed by atoms with van der Waals surface area (Å²) in [5, 5.41) is 0. The molecule has 0 aromatic heterocycles. The summed E-state index contributed by atoms with van der Waals surface area (Å²) in [5.74, 6) is 1.08. The van der Waals surface area contributed by atoms with Crippen molar-refractivity contribution in [1.82, 2.24) is 9.80 Å². The molecule has 1 heterocycles. The molecular weight excluding hydrogens is 402 g/mol. The number of likely N-dealkylation sites (tertiary alicyclic amines) is 1. The molecule has 0 saturated carbocycles. The summed E-state index contributed by atoms with van der Waals surface area (Å²) < 4.78 is 0. The molecule has 3 nitrogen and oxygen atoms in total. The average molecular weight is 444 g/mol. The maximum atomic E-state index is 6.00. The maximum absolute atomic E-state index is 6.00. The summed E-state index contributed by atoms with van der Waals surface area (Å²) in [4.78, 5) is 4.70. The molecule has 1 aliphatic rings. The molecule has 1 aliphatic heterocycles. The van der Waals surface area contributed by atoms with Crippen molar-refractivity contribution in [3.63, 3.8) is 0 Å². The van der Waals surface area contributed by atoms with Crippen molar-refractivity contribution in [2.75, 3.05) is 19.6 Å². The normalized spacial score (nSPS) is 16.8. The Morgan fingerprint density at radius 2 is 1.94 bits per heavy atom. The summed E-state index contributed by atoms with van der Waals surface area (Å²) in [6.45, 7) is 20.1. The summed E-state index contributed by atoms with van der Waals surface area (Å²) in [5.41, 5.74) is 12.5. The van der Waals surface area contributed by atoms with Gasteiger partial charge in [-0.3, -0.25) is 0 Å². The molecule has 3 rings (SSSR count). The molecule has 0 radical (unpaired) electrons. The van der Waals surface area contributed by atoms with Crippen molar-refractivity contribution in [3.8, 4) is 0 Å². The van der Waals surface area contributed by atoms with Crippen LogP contribution < -0.4 is 5.73 Å². The standard InChI is InChI=1S/C30H41N3/c1-6-19-33(24(4)30-14-11-20-32(22-30)25(5)31)23(3)29-18-17-28(27(7-2)21-29)16-15-26-12-9-8-10-13-26/h7-10,12-13,17-18,21,23,30H,2,4-6,11,14-16,19-20,22,31H2,1,3H3. The fourth-order valence-electron chi connectivity index (χ4n) is 4.97. The van der Waals surface area contributed by atoms with E-state index in [0.717, 1.165) is 51.7 Å². The number of piperidine rings is 1. The van der Waals surface area contributed by atoms with Gasteiger partial charge in [-0.2, -0.15) is 0 Å². The molecule has 0 bridgehead atoms. The van der Waals surface area contributed by atoms with E-state index in [4.69, 9.17) is 5.73 Å². The van der Waals surface area contributed by atoms with Gasteiger partial charge >= 0.3 is 0 Å². The molecule has 1 fully saturated rings. The van der Waals surface area contributed by atoms with E-state index < -0.39 is 0 Å². The van der Waals surface area contributed by atoms with Gasteiger partial charge in [0.2, 0.25) is 0 Å². The first-order valence-corrected chi connectivity index (χ1v) is 12.4. The highest BCUT2D eigenvalue weighted by Crippen LogP contribution is 2.33. The highest BCUT2D eigenvalue weighted by atomic mass is 15.2. The zero-order valence-corrected chi connectivity index (χ0v) is 20.6. The monoisotopic (exact) mass is 443 g/mol. The lowest BCUT2D eigenvalue weighted by Crippen LogP contribution is -2.41. The van der Waals surface area contributed by atoms with E-state index >= 15 is 0 Å². The minimum Gasteiger partial charge on any atom is -0.386 e. The molecule has 2 unspecified atom stereocenters. The Kier molecular flexibility index (Phi) is 8.82. The van der Waals surface area contributed by atoms with E-state index in [1.165, 1.54) is 28.0 Å². The third-order valence-corrected chi connectivity index (χ3v) is 7.00. The minimum absolute atomic E-state index is 0.260. The predicted octanol–water partition coefficient (Wildman–Crippen LogP) is 6.54. The second kappa shape index (κ2) is 11.8. The van der Waals surface area contributed by atoms with E-state index in [9.17, 15) is 0 Å². The molecule has 1 saturated heterocycles. The van der Waals surface area contributed by atoms with Crippen LogP contribution >= 0.6 is 0 Å². The average Bonchev–Trinajstić information content (AvgIpc) is 2.85. The highest BCUT2D eigenvalue weighted by Gasteiger charge is 2.27. The molecule has 0 spiro atoms. The van der Waals surface area contributed by atoms with Crippen LogP contribution in [0, 0.1) is 5.92 Å². The van der Waals surface area contributed by atoms with Gasteiger partial charge in [0.15, 0.2) is 0 Å². The van der Waals surface area contributed by atoms with E-state index in [2.05, 4.69) is 91.9 Å². The molecule has 2 aromatic rings. The first kappa shape index (κ1) is 24.7. The Bertz CT molecular complexity index is 946. The zero-order valence-electron chi connectivity index (χ0n) is 20.6. The van der Waals surface area contributed by atoms with Crippen LogP contribution in [-0.2, 0) is 12.8 Å². The molecule has 3 heteroatoms. The van der Waals surface area contributed by atoms with Gasteiger partial charge in [0.1, 0.15) is 0 Å². The Morgan fingerprint density at radius 1 is 1.18 bits per heavy atom. The number of rotatable bonds is 11. The molecule has 2 atom stereocenters. The lowest BCUT2D eigenvalue weighted by atomic mass is 9.91. The van der Waals surface area contributed by atoms with E-state index in [1.807, 2.05) is 6.08 Å².